The highest BCUT2D eigenvalue weighted by Crippen LogP contribution is 2.19. The second-order valence-electron chi connectivity index (χ2n) is 4.58. The molecule has 3 rings (SSSR count). The van der Waals surface area contributed by atoms with E-state index in [1.165, 1.54) is 19.3 Å². The summed E-state index contributed by atoms with van der Waals surface area (Å²) in [5.74, 6) is -0.926. The summed E-state index contributed by atoms with van der Waals surface area (Å²) in [6.07, 6.45) is 5.35. The first kappa shape index (κ1) is 11.1. The number of hydrogen-bond donors (Lipinski definition) is 1. The van der Waals surface area contributed by atoms with Crippen molar-refractivity contribution in [2.75, 3.05) is 18.1 Å². The van der Waals surface area contributed by atoms with Gasteiger partial charge in [-0.3, -0.25) is 0 Å². The number of imidazole rings is 1. The first-order chi connectivity index (χ1) is 8.77. The van der Waals surface area contributed by atoms with Gasteiger partial charge in [0.05, 0.1) is 11.1 Å². The molecule has 0 unspecified atom stereocenters. The van der Waals surface area contributed by atoms with E-state index >= 15 is 0 Å². The van der Waals surface area contributed by atoms with Gasteiger partial charge < -0.3 is 10.1 Å². The number of carboxylic acids is 1. The van der Waals surface area contributed by atoms with Crippen LogP contribution in [0.5, 0.6) is 0 Å². The van der Waals surface area contributed by atoms with Crippen LogP contribution in [0.2, 0.25) is 0 Å². The van der Waals surface area contributed by atoms with Crippen LogP contribution < -0.4 is 5.01 Å². The standard InChI is InChI=1S/C13H15N3O2/c17-13(18)10-5-4-6-11-12(10)14-9-16(11)15-7-2-1-3-8-15/h4-6,9H,1-3,7-8H2,(H,17,18). The number of piperidine rings is 1. The predicted octanol–water partition coefficient (Wildman–Crippen LogP) is 1.86. The van der Waals surface area contributed by atoms with Crippen LogP contribution in [-0.2, 0) is 0 Å². The van der Waals surface area contributed by atoms with Crippen LogP contribution in [-0.4, -0.2) is 33.8 Å². The molecule has 0 spiro atoms. The van der Waals surface area contributed by atoms with E-state index in [1.54, 1.807) is 18.5 Å². The molecule has 1 aromatic heterocycles. The van der Waals surface area contributed by atoms with Crippen molar-refractivity contribution in [3.63, 3.8) is 0 Å². The summed E-state index contributed by atoms with van der Waals surface area (Å²) in [5, 5.41) is 11.4. The lowest BCUT2D eigenvalue weighted by atomic mass is 10.1. The Hall–Kier alpha value is -2.04. The van der Waals surface area contributed by atoms with E-state index in [1.807, 2.05) is 10.7 Å². The molecule has 2 heterocycles. The largest absolute Gasteiger partial charge is 0.478 e. The lowest BCUT2D eigenvalue weighted by Crippen LogP contribution is -2.38. The van der Waals surface area contributed by atoms with Crippen molar-refractivity contribution in [2.24, 2.45) is 0 Å². The maximum absolute atomic E-state index is 11.1. The summed E-state index contributed by atoms with van der Waals surface area (Å²) >= 11 is 0. The summed E-state index contributed by atoms with van der Waals surface area (Å²) in [7, 11) is 0. The van der Waals surface area contributed by atoms with Gasteiger partial charge >= 0.3 is 5.97 Å². The van der Waals surface area contributed by atoms with Crippen molar-refractivity contribution in [2.45, 2.75) is 19.3 Å². The van der Waals surface area contributed by atoms with Crippen LogP contribution in [0.15, 0.2) is 24.5 Å². The van der Waals surface area contributed by atoms with Crippen molar-refractivity contribution in [3.05, 3.63) is 30.1 Å². The highest BCUT2D eigenvalue weighted by molar-refractivity contribution is 6.00. The highest BCUT2D eigenvalue weighted by atomic mass is 16.4. The van der Waals surface area contributed by atoms with Gasteiger partial charge in [-0.15, -0.1) is 0 Å². The average Bonchev–Trinajstić information content (AvgIpc) is 2.83. The van der Waals surface area contributed by atoms with Gasteiger partial charge in [0.2, 0.25) is 0 Å². The number of para-hydroxylation sites is 1. The van der Waals surface area contributed by atoms with Crippen molar-refractivity contribution in [1.29, 1.82) is 0 Å². The molecule has 0 saturated carbocycles. The Kier molecular flexibility index (Phi) is 2.66. The minimum Gasteiger partial charge on any atom is -0.478 e. The molecule has 5 heteroatoms. The SMILES string of the molecule is O=C(O)c1cccc2c1ncn2N1CCCCC1. The second-order valence-corrected chi connectivity index (χ2v) is 4.58. The van der Waals surface area contributed by atoms with Gasteiger partial charge in [-0.25, -0.2) is 14.5 Å². The Bertz CT molecular complexity index is 585. The Morgan fingerprint density at radius 2 is 2.00 bits per heavy atom. The highest BCUT2D eigenvalue weighted by Gasteiger charge is 2.16. The molecule has 0 bridgehead atoms. The fourth-order valence-electron chi connectivity index (χ4n) is 2.52. The number of fused-ring (bicyclic) bond motifs is 1. The van der Waals surface area contributed by atoms with Gasteiger partial charge in [0.15, 0.2) is 0 Å². The van der Waals surface area contributed by atoms with E-state index in [9.17, 15) is 4.79 Å². The third kappa shape index (κ3) is 1.72. The zero-order valence-corrected chi connectivity index (χ0v) is 10.0. The lowest BCUT2D eigenvalue weighted by Gasteiger charge is -2.29. The average molecular weight is 245 g/mol. The predicted molar refractivity (Wildman–Crippen MR) is 68.5 cm³/mol. The smallest absolute Gasteiger partial charge is 0.337 e. The fraction of sp³-hybridized carbons (Fsp3) is 0.385. The molecule has 94 valence electrons. The van der Waals surface area contributed by atoms with Gasteiger partial charge in [0, 0.05) is 13.1 Å². The Balaban J connectivity index is 2.08. The summed E-state index contributed by atoms with van der Waals surface area (Å²) in [4.78, 5) is 15.4. The van der Waals surface area contributed by atoms with Crippen LogP contribution in [0.1, 0.15) is 29.6 Å². The lowest BCUT2D eigenvalue weighted by molar-refractivity contribution is 0.0699. The second kappa shape index (κ2) is 4.33. The zero-order valence-electron chi connectivity index (χ0n) is 10.0. The molecule has 0 aliphatic carbocycles. The zero-order chi connectivity index (χ0) is 12.5. The fourth-order valence-corrected chi connectivity index (χ4v) is 2.52. The maximum atomic E-state index is 11.1. The Labute approximate surface area is 105 Å². The molecule has 0 radical (unpaired) electrons. The molecule has 0 amide bonds. The van der Waals surface area contributed by atoms with E-state index < -0.39 is 5.97 Å². The van der Waals surface area contributed by atoms with Gasteiger partial charge in [0.1, 0.15) is 11.8 Å². The summed E-state index contributed by atoms with van der Waals surface area (Å²) in [5.41, 5.74) is 1.70. The molecule has 5 nitrogen and oxygen atoms in total. The Morgan fingerprint density at radius 3 is 2.72 bits per heavy atom. The number of benzene rings is 1. The first-order valence-electron chi connectivity index (χ1n) is 6.22. The molecule has 2 aromatic rings. The number of aromatic nitrogens is 2. The van der Waals surface area contributed by atoms with Crippen molar-refractivity contribution >= 4 is 17.0 Å². The van der Waals surface area contributed by atoms with Crippen LogP contribution in [0.4, 0.5) is 0 Å². The number of rotatable bonds is 2. The van der Waals surface area contributed by atoms with Gasteiger partial charge in [0.25, 0.3) is 0 Å². The molecular formula is C13H15N3O2. The van der Waals surface area contributed by atoms with Crippen molar-refractivity contribution in [3.8, 4) is 0 Å². The molecule has 18 heavy (non-hydrogen) atoms. The topological polar surface area (TPSA) is 58.4 Å². The van der Waals surface area contributed by atoms with Crippen LogP contribution >= 0.6 is 0 Å². The molecule has 1 aromatic carbocycles. The Morgan fingerprint density at radius 1 is 1.22 bits per heavy atom. The molecule has 1 N–H and O–H groups in total. The molecule has 1 saturated heterocycles. The number of hydrogen-bond acceptors (Lipinski definition) is 3. The number of carboxylic acid groups (broad SMARTS) is 1. The van der Waals surface area contributed by atoms with Gasteiger partial charge in [-0.05, 0) is 31.4 Å². The summed E-state index contributed by atoms with van der Waals surface area (Å²) in [6, 6.07) is 5.29. The van der Waals surface area contributed by atoms with Crippen LogP contribution in [0, 0.1) is 0 Å². The minimum atomic E-state index is -0.926. The number of nitrogens with zero attached hydrogens (tertiary/aromatic N) is 3. The van der Waals surface area contributed by atoms with E-state index in [0.717, 1.165) is 18.6 Å². The molecule has 1 aliphatic rings. The van der Waals surface area contributed by atoms with Gasteiger partial charge in [-0.2, -0.15) is 0 Å². The number of aromatic carboxylic acids is 1. The summed E-state index contributed by atoms with van der Waals surface area (Å²) < 4.78 is 1.99. The third-order valence-corrected chi connectivity index (χ3v) is 3.43. The monoisotopic (exact) mass is 245 g/mol. The van der Waals surface area contributed by atoms with E-state index in [4.69, 9.17) is 5.11 Å². The number of carbonyl (C=O) groups is 1. The first-order valence-corrected chi connectivity index (χ1v) is 6.22. The van der Waals surface area contributed by atoms with Crippen LogP contribution in [0.25, 0.3) is 11.0 Å². The molecule has 0 atom stereocenters. The van der Waals surface area contributed by atoms with Crippen LogP contribution in [0.3, 0.4) is 0 Å². The van der Waals surface area contributed by atoms with E-state index in [2.05, 4.69) is 9.99 Å². The summed E-state index contributed by atoms with van der Waals surface area (Å²) in [6.45, 7) is 2.01. The maximum Gasteiger partial charge on any atom is 0.337 e. The third-order valence-electron chi connectivity index (χ3n) is 3.43. The quantitative estimate of drug-likeness (QED) is 0.877. The van der Waals surface area contributed by atoms with Crippen molar-refractivity contribution in [1.82, 2.24) is 9.66 Å². The van der Waals surface area contributed by atoms with E-state index in [-0.39, 0.29) is 5.56 Å². The van der Waals surface area contributed by atoms with Gasteiger partial charge in [-0.1, -0.05) is 6.07 Å². The molecule has 1 aliphatic heterocycles. The minimum absolute atomic E-state index is 0.267. The molecule has 1 fully saturated rings. The normalized spacial score (nSPS) is 16.1. The van der Waals surface area contributed by atoms with Crippen molar-refractivity contribution < 1.29 is 9.90 Å². The molecular weight excluding hydrogens is 230 g/mol. The van der Waals surface area contributed by atoms with E-state index in [0.29, 0.717) is 5.52 Å².